The molecule has 1 saturated heterocycles. The smallest absolute Gasteiger partial charge is 0.246 e. The number of aryl methyl sites for hydroxylation is 1. The van der Waals surface area contributed by atoms with Gasteiger partial charge in [0.1, 0.15) is 0 Å². The molecule has 130 valence electrons. The van der Waals surface area contributed by atoms with Crippen LogP contribution >= 0.6 is 0 Å². The fraction of sp³-hybridized carbons (Fsp3) is 0.474. The minimum absolute atomic E-state index is 0.0216. The van der Waals surface area contributed by atoms with E-state index in [1.807, 2.05) is 38.1 Å². The van der Waals surface area contributed by atoms with Gasteiger partial charge in [-0.05, 0) is 43.4 Å². The molecule has 1 aromatic carbocycles. The molecule has 1 aliphatic heterocycles. The molecule has 1 heterocycles. The molecule has 1 aromatic rings. The lowest BCUT2D eigenvalue weighted by molar-refractivity contribution is -0.138. The summed E-state index contributed by atoms with van der Waals surface area (Å²) in [5.74, 6) is -0.329. The van der Waals surface area contributed by atoms with Gasteiger partial charge in [0.15, 0.2) is 0 Å². The highest BCUT2D eigenvalue weighted by molar-refractivity contribution is 5.95. The molecule has 0 spiro atoms. The zero-order valence-corrected chi connectivity index (χ0v) is 14.6. The summed E-state index contributed by atoms with van der Waals surface area (Å²) in [6.07, 6.45) is 2.86. The predicted molar refractivity (Wildman–Crippen MR) is 94.3 cm³/mol. The molecule has 2 rings (SSSR count). The van der Waals surface area contributed by atoms with Gasteiger partial charge in [0.2, 0.25) is 11.8 Å². The number of aliphatic hydroxyl groups is 1. The molecular formula is C19H26N2O3. The summed E-state index contributed by atoms with van der Waals surface area (Å²) in [6, 6.07) is 7.93. The lowest BCUT2D eigenvalue weighted by Crippen LogP contribution is -2.51. The Balaban J connectivity index is 2.10. The van der Waals surface area contributed by atoms with Gasteiger partial charge < -0.3 is 15.3 Å². The zero-order valence-electron chi connectivity index (χ0n) is 14.6. The van der Waals surface area contributed by atoms with Crippen molar-refractivity contribution >= 4 is 17.4 Å². The van der Waals surface area contributed by atoms with E-state index >= 15 is 0 Å². The summed E-state index contributed by atoms with van der Waals surface area (Å²) in [5.41, 5.74) is 1.93. The largest absolute Gasteiger partial charge is 0.388 e. The van der Waals surface area contributed by atoms with E-state index in [1.165, 1.54) is 0 Å². The van der Waals surface area contributed by atoms with Crippen molar-refractivity contribution in [3.05, 3.63) is 41.5 Å². The van der Waals surface area contributed by atoms with Gasteiger partial charge in [0.05, 0.1) is 18.6 Å². The number of piperidine rings is 1. The molecule has 1 unspecified atom stereocenters. The fourth-order valence-electron chi connectivity index (χ4n) is 3.20. The summed E-state index contributed by atoms with van der Waals surface area (Å²) in [6.45, 7) is 4.73. The van der Waals surface area contributed by atoms with Gasteiger partial charge in [0.25, 0.3) is 0 Å². The summed E-state index contributed by atoms with van der Waals surface area (Å²) < 4.78 is 0. The number of nitrogens with zero attached hydrogens (tertiary/aromatic N) is 1. The number of carbonyl (C=O) groups is 2. The van der Waals surface area contributed by atoms with Gasteiger partial charge >= 0.3 is 0 Å². The monoisotopic (exact) mass is 330 g/mol. The first kappa shape index (κ1) is 18.2. The minimum atomic E-state index is -1.14. The number of amides is 2. The number of rotatable bonds is 4. The molecule has 1 fully saturated rings. The van der Waals surface area contributed by atoms with Crippen molar-refractivity contribution in [3.8, 4) is 0 Å². The molecule has 0 radical (unpaired) electrons. The summed E-state index contributed by atoms with van der Waals surface area (Å²) in [5, 5.41) is 13.1. The van der Waals surface area contributed by atoms with Crippen LogP contribution in [-0.2, 0) is 9.59 Å². The van der Waals surface area contributed by atoms with Crippen molar-refractivity contribution in [2.45, 2.75) is 38.7 Å². The minimum Gasteiger partial charge on any atom is -0.388 e. The van der Waals surface area contributed by atoms with Crippen LogP contribution in [0.4, 0.5) is 0 Å². The van der Waals surface area contributed by atoms with Crippen molar-refractivity contribution in [1.82, 2.24) is 10.2 Å². The van der Waals surface area contributed by atoms with Crippen molar-refractivity contribution < 1.29 is 14.7 Å². The summed E-state index contributed by atoms with van der Waals surface area (Å²) in [7, 11) is 1.55. The normalized spacial score (nSPS) is 21.5. The van der Waals surface area contributed by atoms with E-state index < -0.39 is 5.60 Å². The van der Waals surface area contributed by atoms with Crippen LogP contribution in [0.15, 0.2) is 30.3 Å². The van der Waals surface area contributed by atoms with E-state index in [4.69, 9.17) is 0 Å². The summed E-state index contributed by atoms with van der Waals surface area (Å²) >= 11 is 0. The number of nitrogens with one attached hydrogen (secondary N) is 1. The Kier molecular flexibility index (Phi) is 5.78. The molecule has 0 aliphatic carbocycles. The standard InChI is InChI=1S/C19H26N2O3/c1-14-7-4-5-8-16(14)15(2)11-18(23)21-10-6-9-19(24,13-21)12-17(22)20-3/h4-5,7-8,11,24H,6,9-10,12-13H2,1-3H3,(H,20,22)/b15-11+. The lowest BCUT2D eigenvalue weighted by Gasteiger charge is -2.38. The molecule has 0 bridgehead atoms. The lowest BCUT2D eigenvalue weighted by atomic mass is 9.89. The Hall–Kier alpha value is -2.14. The molecule has 5 nitrogen and oxygen atoms in total. The van der Waals surface area contributed by atoms with Crippen LogP contribution in [0.1, 0.15) is 37.3 Å². The van der Waals surface area contributed by atoms with Crippen molar-refractivity contribution in [1.29, 1.82) is 0 Å². The van der Waals surface area contributed by atoms with Crippen LogP contribution in [0.2, 0.25) is 0 Å². The van der Waals surface area contributed by atoms with Gasteiger partial charge in [-0.1, -0.05) is 24.3 Å². The third-order valence-electron chi connectivity index (χ3n) is 4.55. The van der Waals surface area contributed by atoms with E-state index in [0.717, 1.165) is 16.7 Å². The topological polar surface area (TPSA) is 69.6 Å². The van der Waals surface area contributed by atoms with Gasteiger partial charge in [-0.15, -0.1) is 0 Å². The first-order chi connectivity index (χ1) is 11.3. The Morgan fingerprint density at radius 1 is 1.38 bits per heavy atom. The first-order valence-electron chi connectivity index (χ1n) is 8.31. The highest BCUT2D eigenvalue weighted by Crippen LogP contribution is 2.25. The molecule has 1 aliphatic rings. The highest BCUT2D eigenvalue weighted by atomic mass is 16.3. The Labute approximate surface area is 143 Å². The quantitative estimate of drug-likeness (QED) is 0.828. The molecule has 2 N–H and O–H groups in total. The number of hydrogen-bond donors (Lipinski definition) is 2. The molecule has 1 atom stereocenters. The Bertz CT molecular complexity index is 654. The van der Waals surface area contributed by atoms with Gasteiger partial charge in [-0.2, -0.15) is 0 Å². The molecule has 0 aromatic heterocycles. The number of likely N-dealkylation sites (tertiary alicyclic amines) is 1. The average Bonchev–Trinajstić information content (AvgIpc) is 2.54. The second kappa shape index (κ2) is 7.62. The van der Waals surface area contributed by atoms with Crippen molar-refractivity contribution in [3.63, 3.8) is 0 Å². The average molecular weight is 330 g/mol. The van der Waals surface area contributed by atoms with Crippen LogP contribution in [0.5, 0.6) is 0 Å². The third-order valence-corrected chi connectivity index (χ3v) is 4.55. The van der Waals surface area contributed by atoms with Crippen LogP contribution in [0.3, 0.4) is 0 Å². The molecule has 0 saturated carbocycles. The Morgan fingerprint density at radius 3 is 2.75 bits per heavy atom. The third kappa shape index (κ3) is 4.45. The summed E-state index contributed by atoms with van der Waals surface area (Å²) in [4.78, 5) is 25.8. The number of allylic oxidation sites excluding steroid dienone is 1. The maximum absolute atomic E-state index is 12.6. The van der Waals surface area contributed by atoms with Crippen molar-refractivity contribution in [2.75, 3.05) is 20.1 Å². The number of carbonyl (C=O) groups excluding carboxylic acids is 2. The highest BCUT2D eigenvalue weighted by Gasteiger charge is 2.36. The van der Waals surface area contributed by atoms with Crippen LogP contribution < -0.4 is 5.32 Å². The van der Waals surface area contributed by atoms with Crippen LogP contribution in [-0.4, -0.2) is 47.6 Å². The fourth-order valence-corrected chi connectivity index (χ4v) is 3.20. The second-order valence-electron chi connectivity index (χ2n) is 6.58. The van der Waals surface area contributed by atoms with E-state index in [1.54, 1.807) is 18.0 Å². The van der Waals surface area contributed by atoms with Gasteiger partial charge in [-0.25, -0.2) is 0 Å². The van der Waals surface area contributed by atoms with E-state index in [0.29, 0.717) is 19.4 Å². The molecule has 5 heteroatoms. The molecule has 2 amide bonds. The van der Waals surface area contributed by atoms with E-state index in [-0.39, 0.29) is 24.8 Å². The van der Waals surface area contributed by atoms with E-state index in [9.17, 15) is 14.7 Å². The predicted octanol–water partition coefficient (Wildman–Crippen LogP) is 1.89. The van der Waals surface area contributed by atoms with Crippen molar-refractivity contribution in [2.24, 2.45) is 0 Å². The van der Waals surface area contributed by atoms with Crippen LogP contribution in [0, 0.1) is 6.92 Å². The number of β-amino-alcohol motifs (C(OH)–C–C–N with tert-alkyl or cyclic N) is 1. The first-order valence-corrected chi connectivity index (χ1v) is 8.31. The number of hydrogen-bond acceptors (Lipinski definition) is 3. The molecule has 24 heavy (non-hydrogen) atoms. The molecular weight excluding hydrogens is 304 g/mol. The maximum atomic E-state index is 12.6. The van der Waals surface area contributed by atoms with E-state index in [2.05, 4.69) is 5.32 Å². The van der Waals surface area contributed by atoms with Gasteiger partial charge in [-0.3, -0.25) is 9.59 Å². The zero-order chi connectivity index (χ0) is 17.7. The second-order valence-corrected chi connectivity index (χ2v) is 6.58. The number of benzene rings is 1. The maximum Gasteiger partial charge on any atom is 0.246 e. The Morgan fingerprint density at radius 2 is 2.08 bits per heavy atom. The van der Waals surface area contributed by atoms with Crippen LogP contribution in [0.25, 0.3) is 5.57 Å². The van der Waals surface area contributed by atoms with Gasteiger partial charge in [0, 0.05) is 19.7 Å². The SMILES string of the molecule is CNC(=O)CC1(O)CCCN(C(=O)/C=C(\C)c2ccccc2C)C1.